The molecule has 0 aliphatic carbocycles. The molecule has 212 valence electrons. The Morgan fingerprint density at radius 2 is 1.88 bits per heavy atom. The number of aromatic nitrogens is 3. The van der Waals surface area contributed by atoms with Crippen LogP contribution in [0.25, 0.3) is 5.69 Å². The molecule has 1 aliphatic heterocycles. The molecule has 0 bridgehead atoms. The summed E-state index contributed by atoms with van der Waals surface area (Å²) in [6, 6.07) is 20.9. The molecule has 2 aromatic carbocycles. The van der Waals surface area contributed by atoms with E-state index in [0.717, 1.165) is 21.7 Å². The van der Waals surface area contributed by atoms with Crippen molar-refractivity contribution in [2.45, 2.75) is 31.1 Å². The van der Waals surface area contributed by atoms with E-state index in [-0.39, 0.29) is 35.8 Å². The van der Waals surface area contributed by atoms with E-state index in [1.807, 2.05) is 48.7 Å². The number of amides is 2. The van der Waals surface area contributed by atoms with Crippen LogP contribution in [0.4, 0.5) is 4.39 Å². The zero-order chi connectivity index (χ0) is 29.1. The molecule has 1 aliphatic rings. The molecule has 1 N–H and O–H groups in total. The van der Waals surface area contributed by atoms with Gasteiger partial charge in [-0.3, -0.25) is 14.2 Å². The molecule has 1 unspecified atom stereocenters. The van der Waals surface area contributed by atoms with Crippen molar-refractivity contribution < 1.29 is 18.4 Å². The minimum atomic E-state index is -0.409. The van der Waals surface area contributed by atoms with Gasteiger partial charge in [-0.25, -0.2) is 9.40 Å². The highest BCUT2D eigenvalue weighted by atomic mass is 32.2. The molecule has 2 amide bonds. The summed E-state index contributed by atoms with van der Waals surface area (Å²) < 4.78 is 20.6. The van der Waals surface area contributed by atoms with Crippen LogP contribution in [0.3, 0.4) is 0 Å². The number of thioether (sulfide) groups is 1. The maximum Gasteiger partial charge on any atom is 0.287 e. The molecular formula is C30H25FN6O3S2. The van der Waals surface area contributed by atoms with Gasteiger partial charge in [-0.2, -0.15) is 5.10 Å². The Bertz CT molecular complexity index is 1720. The van der Waals surface area contributed by atoms with Gasteiger partial charge < -0.3 is 9.73 Å². The lowest BCUT2D eigenvalue weighted by atomic mass is 10.00. The van der Waals surface area contributed by atoms with Crippen molar-refractivity contribution in [3.05, 3.63) is 118 Å². The van der Waals surface area contributed by atoms with Crippen molar-refractivity contribution in [3.8, 4) is 5.69 Å². The summed E-state index contributed by atoms with van der Waals surface area (Å²) in [5, 5.41) is 20.1. The first-order chi connectivity index (χ1) is 20.5. The van der Waals surface area contributed by atoms with E-state index in [9.17, 15) is 14.0 Å². The highest BCUT2D eigenvalue weighted by Gasteiger charge is 2.33. The Labute approximate surface area is 249 Å². The lowest BCUT2D eigenvalue weighted by molar-refractivity contribution is -0.130. The first-order valence-corrected chi connectivity index (χ1v) is 15.0. The van der Waals surface area contributed by atoms with Crippen LogP contribution in [0.5, 0.6) is 0 Å². The Kier molecular flexibility index (Phi) is 7.97. The number of furan rings is 1. The van der Waals surface area contributed by atoms with Gasteiger partial charge in [0.2, 0.25) is 0 Å². The third-order valence-electron chi connectivity index (χ3n) is 6.70. The van der Waals surface area contributed by atoms with Gasteiger partial charge in [0, 0.05) is 12.1 Å². The first kappa shape index (κ1) is 27.6. The van der Waals surface area contributed by atoms with Crippen LogP contribution in [0.15, 0.2) is 99.1 Å². The smallest absolute Gasteiger partial charge is 0.287 e. The molecule has 3 aromatic heterocycles. The second-order valence-electron chi connectivity index (χ2n) is 9.55. The van der Waals surface area contributed by atoms with Crippen LogP contribution in [0, 0.1) is 12.7 Å². The van der Waals surface area contributed by atoms with Gasteiger partial charge in [0.15, 0.2) is 16.7 Å². The van der Waals surface area contributed by atoms with Gasteiger partial charge >= 0.3 is 0 Å². The van der Waals surface area contributed by atoms with Gasteiger partial charge in [0.05, 0.1) is 35.2 Å². The summed E-state index contributed by atoms with van der Waals surface area (Å²) in [6.07, 6.45) is 2.03. The molecule has 6 rings (SSSR count). The number of hydrazone groups is 1. The number of carbonyl (C=O) groups is 2. The molecule has 42 heavy (non-hydrogen) atoms. The molecule has 9 nitrogen and oxygen atoms in total. The SMILES string of the molecule is Cc1ccc(C2CC(c3cccs3)=NN2C(=O)CSc2nnc(CNC(=O)c3ccco3)n2-c2ccc(F)cc2)cc1. The number of rotatable bonds is 9. The van der Waals surface area contributed by atoms with Crippen molar-refractivity contribution in [3.63, 3.8) is 0 Å². The molecule has 1 atom stereocenters. The van der Waals surface area contributed by atoms with Crippen molar-refractivity contribution in [1.82, 2.24) is 25.1 Å². The van der Waals surface area contributed by atoms with Gasteiger partial charge in [-0.05, 0) is 60.3 Å². The minimum Gasteiger partial charge on any atom is -0.459 e. The van der Waals surface area contributed by atoms with Gasteiger partial charge in [-0.15, -0.1) is 21.5 Å². The van der Waals surface area contributed by atoms with Crippen LogP contribution in [-0.4, -0.2) is 43.1 Å². The second kappa shape index (κ2) is 12.1. The van der Waals surface area contributed by atoms with Crippen LogP contribution in [-0.2, 0) is 11.3 Å². The fraction of sp³-hybridized carbons (Fsp3) is 0.167. The first-order valence-electron chi connectivity index (χ1n) is 13.1. The lowest BCUT2D eigenvalue weighted by Crippen LogP contribution is -2.28. The number of hydrogen-bond donors (Lipinski definition) is 1. The number of hydrogen-bond acceptors (Lipinski definition) is 8. The molecule has 0 radical (unpaired) electrons. The average molecular weight is 601 g/mol. The Hall–Kier alpha value is -4.55. The van der Waals surface area contributed by atoms with Crippen molar-refractivity contribution in [2.75, 3.05) is 5.75 Å². The maximum atomic E-state index is 13.7. The predicted octanol–water partition coefficient (Wildman–Crippen LogP) is 5.77. The lowest BCUT2D eigenvalue weighted by Gasteiger charge is -2.22. The third-order valence-corrected chi connectivity index (χ3v) is 8.53. The number of aryl methyl sites for hydroxylation is 1. The quantitative estimate of drug-likeness (QED) is 0.216. The van der Waals surface area contributed by atoms with Crippen molar-refractivity contribution >= 4 is 40.6 Å². The zero-order valence-corrected chi connectivity index (χ0v) is 24.1. The standard InChI is InChI=1S/C30H25FN6O3S2/c1-19-6-8-20(9-7-19)24-16-23(26-5-3-15-41-26)35-37(24)28(38)18-42-30-34-33-27(17-32-29(39)25-4-2-14-40-25)36(30)22-12-10-21(31)11-13-22/h2-15,24H,16-18H2,1H3,(H,32,39). The number of halogens is 1. The Morgan fingerprint density at radius 1 is 1.07 bits per heavy atom. The molecule has 0 saturated carbocycles. The summed E-state index contributed by atoms with van der Waals surface area (Å²) in [4.78, 5) is 27.1. The normalized spacial score (nSPS) is 14.7. The average Bonchev–Trinajstić information content (AvgIpc) is 3.82. The highest BCUT2D eigenvalue weighted by molar-refractivity contribution is 7.99. The second-order valence-corrected chi connectivity index (χ2v) is 11.4. The summed E-state index contributed by atoms with van der Waals surface area (Å²) in [5.74, 6) is -0.360. The van der Waals surface area contributed by atoms with E-state index >= 15 is 0 Å². The number of thiophene rings is 1. The number of benzene rings is 2. The summed E-state index contributed by atoms with van der Waals surface area (Å²) in [5.41, 5.74) is 3.62. The molecule has 4 heterocycles. The van der Waals surface area contributed by atoms with Gasteiger partial charge in [0.1, 0.15) is 5.82 Å². The molecular weight excluding hydrogens is 576 g/mol. The molecule has 12 heteroatoms. The highest BCUT2D eigenvalue weighted by Crippen LogP contribution is 2.35. The summed E-state index contributed by atoms with van der Waals surface area (Å²) in [6.45, 7) is 2.06. The molecule has 0 fully saturated rings. The number of nitrogens with zero attached hydrogens (tertiary/aromatic N) is 5. The van der Waals surface area contributed by atoms with E-state index in [1.54, 1.807) is 45.2 Å². The minimum absolute atomic E-state index is 0.0362. The number of nitrogens with one attached hydrogen (secondary N) is 1. The van der Waals surface area contributed by atoms with Crippen LogP contribution >= 0.6 is 23.1 Å². The summed E-state index contributed by atoms with van der Waals surface area (Å²) in [7, 11) is 0. The van der Waals surface area contributed by atoms with E-state index in [1.165, 1.54) is 30.2 Å². The Balaban J connectivity index is 1.24. The summed E-state index contributed by atoms with van der Waals surface area (Å²) >= 11 is 2.79. The van der Waals surface area contributed by atoms with Crippen LogP contribution in [0.2, 0.25) is 0 Å². The topological polar surface area (TPSA) is 106 Å². The predicted molar refractivity (Wildman–Crippen MR) is 158 cm³/mol. The zero-order valence-electron chi connectivity index (χ0n) is 22.4. The van der Waals surface area contributed by atoms with Gasteiger partial charge in [0.25, 0.3) is 11.8 Å². The fourth-order valence-electron chi connectivity index (χ4n) is 4.58. The van der Waals surface area contributed by atoms with Crippen molar-refractivity contribution in [2.24, 2.45) is 5.10 Å². The van der Waals surface area contributed by atoms with Gasteiger partial charge in [-0.1, -0.05) is 47.7 Å². The fourth-order valence-corrected chi connectivity index (χ4v) is 6.13. The third kappa shape index (κ3) is 5.90. The monoisotopic (exact) mass is 600 g/mol. The van der Waals surface area contributed by atoms with E-state index in [4.69, 9.17) is 9.52 Å². The number of carbonyl (C=O) groups excluding carboxylic acids is 2. The molecule has 0 spiro atoms. The largest absolute Gasteiger partial charge is 0.459 e. The van der Waals surface area contributed by atoms with E-state index in [2.05, 4.69) is 15.5 Å². The maximum absolute atomic E-state index is 13.7. The Morgan fingerprint density at radius 3 is 2.60 bits per heavy atom. The van der Waals surface area contributed by atoms with Crippen LogP contribution in [0.1, 0.15) is 44.8 Å². The van der Waals surface area contributed by atoms with Crippen molar-refractivity contribution in [1.29, 1.82) is 0 Å². The van der Waals surface area contributed by atoms with E-state index in [0.29, 0.717) is 23.1 Å². The molecule has 0 saturated heterocycles. The molecule has 5 aromatic rings. The van der Waals surface area contributed by atoms with Crippen LogP contribution < -0.4 is 5.32 Å². The van der Waals surface area contributed by atoms with E-state index < -0.39 is 5.91 Å².